The maximum absolute atomic E-state index is 12.7. The molecule has 0 heterocycles. The predicted molar refractivity (Wildman–Crippen MR) is 73.3 cm³/mol. The minimum Gasteiger partial charge on any atom is -0.299 e. The highest BCUT2D eigenvalue weighted by Crippen LogP contribution is 2.29. The number of halogens is 1. The lowest BCUT2D eigenvalue weighted by atomic mass is 10.0. The molecular formula is C15H19FOS. The third-order valence-electron chi connectivity index (χ3n) is 3.52. The molecular weight excluding hydrogens is 247 g/mol. The van der Waals surface area contributed by atoms with E-state index in [0.29, 0.717) is 18.0 Å². The van der Waals surface area contributed by atoms with Gasteiger partial charge in [-0.3, -0.25) is 4.79 Å². The first-order valence-electron chi connectivity index (χ1n) is 6.64. The van der Waals surface area contributed by atoms with Crippen LogP contribution in [-0.2, 0) is 4.79 Å². The van der Waals surface area contributed by atoms with Gasteiger partial charge in [0.1, 0.15) is 11.6 Å². The lowest BCUT2D eigenvalue weighted by Crippen LogP contribution is -2.04. The second kappa shape index (κ2) is 6.93. The zero-order valence-electron chi connectivity index (χ0n) is 10.5. The number of ketones is 1. The van der Waals surface area contributed by atoms with Crippen LogP contribution in [0, 0.1) is 11.7 Å². The van der Waals surface area contributed by atoms with Crippen LogP contribution in [0.2, 0.25) is 0 Å². The zero-order valence-corrected chi connectivity index (χ0v) is 11.3. The van der Waals surface area contributed by atoms with Crippen LogP contribution in [0.5, 0.6) is 0 Å². The van der Waals surface area contributed by atoms with Gasteiger partial charge in [0, 0.05) is 11.3 Å². The maximum Gasteiger partial charge on any atom is 0.143 e. The number of carbonyl (C=O) groups excluding carboxylic acids is 1. The molecule has 0 radical (unpaired) electrons. The number of rotatable bonds is 6. The average molecular weight is 266 g/mol. The number of hydrogen-bond acceptors (Lipinski definition) is 2. The Hall–Kier alpha value is -0.830. The van der Waals surface area contributed by atoms with Gasteiger partial charge in [0.05, 0.1) is 5.75 Å². The van der Waals surface area contributed by atoms with E-state index in [1.54, 1.807) is 12.1 Å². The number of carbonyl (C=O) groups is 1. The van der Waals surface area contributed by atoms with Crippen molar-refractivity contribution in [1.82, 2.24) is 0 Å². The normalized spacial score (nSPS) is 16.1. The summed E-state index contributed by atoms with van der Waals surface area (Å²) < 4.78 is 12.7. The van der Waals surface area contributed by atoms with Gasteiger partial charge in [-0.15, -0.1) is 11.8 Å². The van der Waals surface area contributed by atoms with Gasteiger partial charge in [-0.1, -0.05) is 25.7 Å². The Bertz CT molecular complexity index is 382. The van der Waals surface area contributed by atoms with Crippen molar-refractivity contribution in [3.05, 3.63) is 30.1 Å². The fraction of sp³-hybridized carbons (Fsp3) is 0.533. The smallest absolute Gasteiger partial charge is 0.143 e. The Morgan fingerprint density at radius 1 is 1.22 bits per heavy atom. The molecule has 0 saturated heterocycles. The van der Waals surface area contributed by atoms with Crippen molar-refractivity contribution in [3.63, 3.8) is 0 Å². The monoisotopic (exact) mass is 266 g/mol. The third-order valence-corrected chi connectivity index (χ3v) is 4.59. The molecule has 2 rings (SSSR count). The van der Waals surface area contributed by atoms with Crippen molar-refractivity contribution < 1.29 is 9.18 Å². The molecule has 1 aliphatic rings. The summed E-state index contributed by atoms with van der Waals surface area (Å²) in [5, 5.41) is 0. The minimum absolute atomic E-state index is 0.230. The van der Waals surface area contributed by atoms with Crippen LogP contribution in [0.3, 0.4) is 0 Å². The molecule has 1 aromatic rings. The molecule has 1 fully saturated rings. The van der Waals surface area contributed by atoms with Gasteiger partial charge in [-0.05, 0) is 36.6 Å². The molecule has 1 aromatic carbocycles. The van der Waals surface area contributed by atoms with E-state index in [-0.39, 0.29) is 5.82 Å². The number of benzene rings is 1. The Balaban J connectivity index is 1.66. The summed E-state index contributed by atoms with van der Waals surface area (Å²) in [5.74, 6) is 1.38. The van der Waals surface area contributed by atoms with E-state index < -0.39 is 0 Å². The molecule has 1 saturated carbocycles. The van der Waals surface area contributed by atoms with Gasteiger partial charge >= 0.3 is 0 Å². The first-order chi connectivity index (χ1) is 8.74. The molecule has 0 aliphatic heterocycles. The number of hydrogen-bond donors (Lipinski definition) is 0. The van der Waals surface area contributed by atoms with Crippen LogP contribution in [-0.4, -0.2) is 11.5 Å². The van der Waals surface area contributed by atoms with E-state index in [9.17, 15) is 9.18 Å². The summed E-state index contributed by atoms with van der Waals surface area (Å²) >= 11 is 1.50. The van der Waals surface area contributed by atoms with Crippen molar-refractivity contribution in [1.29, 1.82) is 0 Å². The molecule has 0 unspecified atom stereocenters. The summed E-state index contributed by atoms with van der Waals surface area (Å²) in [6, 6.07) is 6.32. The third kappa shape index (κ3) is 4.45. The van der Waals surface area contributed by atoms with Crippen LogP contribution >= 0.6 is 11.8 Å². The first kappa shape index (κ1) is 13.6. The summed E-state index contributed by atoms with van der Waals surface area (Å²) in [4.78, 5) is 12.7. The molecule has 0 atom stereocenters. The Morgan fingerprint density at radius 2 is 1.89 bits per heavy atom. The van der Waals surface area contributed by atoms with Gasteiger partial charge < -0.3 is 0 Å². The molecule has 0 N–H and O–H groups in total. The highest BCUT2D eigenvalue weighted by atomic mass is 32.2. The lowest BCUT2D eigenvalue weighted by molar-refractivity contribution is -0.116. The highest BCUT2D eigenvalue weighted by molar-refractivity contribution is 8.00. The molecule has 0 aromatic heterocycles. The van der Waals surface area contributed by atoms with Crippen LogP contribution in [0.1, 0.15) is 38.5 Å². The predicted octanol–water partition coefficient (Wildman–Crippen LogP) is 4.46. The Kier molecular flexibility index (Phi) is 5.24. The summed E-state index contributed by atoms with van der Waals surface area (Å²) in [6.07, 6.45) is 7.05. The molecule has 0 spiro atoms. The maximum atomic E-state index is 12.7. The summed E-state index contributed by atoms with van der Waals surface area (Å²) in [6.45, 7) is 0. The van der Waals surface area contributed by atoms with Crippen molar-refractivity contribution in [2.24, 2.45) is 5.92 Å². The standard InChI is InChI=1S/C15H19FOS/c16-13-6-9-15(10-7-13)18-11-14(17)8-5-12-3-1-2-4-12/h6-7,9-10,12H,1-5,8,11H2. The second-order valence-corrected chi connectivity index (χ2v) is 6.02. The van der Waals surface area contributed by atoms with Crippen molar-refractivity contribution in [2.45, 2.75) is 43.4 Å². The van der Waals surface area contributed by atoms with Crippen LogP contribution in [0.15, 0.2) is 29.2 Å². The largest absolute Gasteiger partial charge is 0.299 e. The van der Waals surface area contributed by atoms with Gasteiger partial charge in [0.15, 0.2) is 0 Å². The number of thioether (sulfide) groups is 1. The van der Waals surface area contributed by atoms with E-state index in [1.165, 1.54) is 49.6 Å². The van der Waals surface area contributed by atoms with Gasteiger partial charge in [-0.25, -0.2) is 4.39 Å². The summed E-state index contributed by atoms with van der Waals surface area (Å²) in [7, 11) is 0. The van der Waals surface area contributed by atoms with E-state index >= 15 is 0 Å². The van der Waals surface area contributed by atoms with Crippen molar-refractivity contribution in [2.75, 3.05) is 5.75 Å². The topological polar surface area (TPSA) is 17.1 Å². The lowest BCUT2D eigenvalue weighted by Gasteiger charge is -2.07. The van der Waals surface area contributed by atoms with E-state index in [0.717, 1.165) is 17.2 Å². The van der Waals surface area contributed by atoms with Crippen LogP contribution in [0.25, 0.3) is 0 Å². The van der Waals surface area contributed by atoms with Crippen molar-refractivity contribution in [3.8, 4) is 0 Å². The second-order valence-electron chi connectivity index (χ2n) is 4.97. The first-order valence-corrected chi connectivity index (χ1v) is 7.62. The summed E-state index contributed by atoms with van der Waals surface area (Å²) in [5.41, 5.74) is 0. The molecule has 18 heavy (non-hydrogen) atoms. The highest BCUT2D eigenvalue weighted by Gasteiger charge is 2.16. The molecule has 0 amide bonds. The molecule has 0 bridgehead atoms. The Labute approximate surface area is 112 Å². The molecule has 98 valence electrons. The van der Waals surface area contributed by atoms with Gasteiger partial charge in [-0.2, -0.15) is 0 Å². The van der Waals surface area contributed by atoms with Crippen LogP contribution in [0.4, 0.5) is 4.39 Å². The molecule has 1 aliphatic carbocycles. The minimum atomic E-state index is -0.230. The van der Waals surface area contributed by atoms with E-state index in [1.807, 2.05) is 0 Å². The van der Waals surface area contributed by atoms with Gasteiger partial charge in [0.25, 0.3) is 0 Å². The number of Topliss-reactive ketones (excluding diaryl/α,β-unsaturated/α-hetero) is 1. The van der Waals surface area contributed by atoms with Crippen molar-refractivity contribution >= 4 is 17.5 Å². The van der Waals surface area contributed by atoms with Crippen LogP contribution < -0.4 is 0 Å². The fourth-order valence-electron chi connectivity index (χ4n) is 2.43. The van der Waals surface area contributed by atoms with Gasteiger partial charge in [0.2, 0.25) is 0 Å². The quantitative estimate of drug-likeness (QED) is 0.707. The fourth-order valence-corrected chi connectivity index (χ4v) is 3.23. The van der Waals surface area contributed by atoms with E-state index in [4.69, 9.17) is 0 Å². The average Bonchev–Trinajstić information content (AvgIpc) is 2.89. The molecule has 3 heteroatoms. The zero-order chi connectivity index (χ0) is 12.8. The Morgan fingerprint density at radius 3 is 2.56 bits per heavy atom. The molecule has 1 nitrogen and oxygen atoms in total. The van der Waals surface area contributed by atoms with E-state index in [2.05, 4.69) is 0 Å². The SMILES string of the molecule is O=C(CCC1CCCC1)CSc1ccc(F)cc1.